The van der Waals surface area contributed by atoms with Crippen LogP contribution in [0.5, 0.6) is 0 Å². The van der Waals surface area contributed by atoms with Crippen molar-refractivity contribution < 1.29 is 14.1 Å². The van der Waals surface area contributed by atoms with E-state index in [1.807, 2.05) is 0 Å². The Morgan fingerprint density at radius 3 is 2.71 bits per heavy atom. The molecule has 0 unspecified atom stereocenters. The van der Waals surface area contributed by atoms with Gasteiger partial charge in [0.05, 0.1) is 11.1 Å². The summed E-state index contributed by atoms with van der Waals surface area (Å²) in [4.78, 5) is 25.8. The molecule has 2 heterocycles. The number of anilines is 1. The lowest BCUT2D eigenvalue weighted by molar-refractivity contribution is -0.383. The third-order valence-corrected chi connectivity index (χ3v) is 3.32. The Labute approximate surface area is 118 Å². The summed E-state index contributed by atoms with van der Waals surface area (Å²) in [5.74, 6) is -0.757. The molecule has 21 heavy (non-hydrogen) atoms. The Morgan fingerprint density at radius 2 is 2.00 bits per heavy atom. The lowest BCUT2D eigenvalue weighted by atomic mass is 9.96. The Bertz CT molecular complexity index is 761. The van der Waals surface area contributed by atoms with Crippen molar-refractivity contribution in [1.29, 1.82) is 0 Å². The molecule has 2 aromatic rings. The zero-order chi connectivity index (χ0) is 15.0. The van der Waals surface area contributed by atoms with E-state index in [1.165, 1.54) is 18.3 Å². The third-order valence-electron chi connectivity index (χ3n) is 3.32. The highest BCUT2D eigenvalue weighted by atomic mass is 19.1. The summed E-state index contributed by atoms with van der Waals surface area (Å²) in [5.41, 5.74) is 1.66. The first-order valence-electron chi connectivity index (χ1n) is 6.26. The molecule has 0 aliphatic carbocycles. The molecule has 0 spiro atoms. The van der Waals surface area contributed by atoms with Gasteiger partial charge in [-0.1, -0.05) is 0 Å². The number of rotatable bonds is 2. The van der Waals surface area contributed by atoms with Gasteiger partial charge in [-0.15, -0.1) is 0 Å². The lowest BCUT2D eigenvalue weighted by Gasteiger charge is -2.17. The number of carbonyl (C=O) groups excluding carboxylic acids is 1. The van der Waals surface area contributed by atoms with Crippen molar-refractivity contribution in [2.24, 2.45) is 0 Å². The Balaban J connectivity index is 2.18. The van der Waals surface area contributed by atoms with E-state index in [-0.39, 0.29) is 23.7 Å². The average Bonchev–Trinajstić information content (AvgIpc) is 2.46. The summed E-state index contributed by atoms with van der Waals surface area (Å²) in [6.45, 7) is 0. The molecule has 106 valence electrons. The minimum atomic E-state index is -0.555. The van der Waals surface area contributed by atoms with E-state index < -0.39 is 10.7 Å². The number of halogens is 1. The molecular weight excluding hydrogens is 277 g/mol. The first kappa shape index (κ1) is 13.2. The van der Waals surface area contributed by atoms with Gasteiger partial charge in [-0.25, -0.2) is 4.39 Å². The topological polar surface area (TPSA) is 85.1 Å². The number of aryl methyl sites for hydroxylation is 1. The summed E-state index contributed by atoms with van der Waals surface area (Å²) in [5, 5.41) is 13.7. The Kier molecular flexibility index (Phi) is 3.09. The highest BCUT2D eigenvalue weighted by Crippen LogP contribution is 2.37. The van der Waals surface area contributed by atoms with Gasteiger partial charge >= 0.3 is 0 Å². The van der Waals surface area contributed by atoms with Crippen molar-refractivity contribution >= 4 is 17.3 Å². The van der Waals surface area contributed by atoms with Crippen molar-refractivity contribution in [1.82, 2.24) is 4.98 Å². The first-order valence-corrected chi connectivity index (χ1v) is 6.26. The fraction of sp³-hybridized carbons (Fsp3) is 0.143. The Hall–Kier alpha value is -2.83. The second-order valence-corrected chi connectivity index (χ2v) is 4.73. The monoisotopic (exact) mass is 287 g/mol. The number of pyridine rings is 1. The summed E-state index contributed by atoms with van der Waals surface area (Å²) < 4.78 is 13.2. The van der Waals surface area contributed by atoms with E-state index in [2.05, 4.69) is 10.3 Å². The van der Waals surface area contributed by atoms with Crippen LogP contribution < -0.4 is 5.32 Å². The van der Waals surface area contributed by atoms with Crippen molar-refractivity contribution in [3.05, 3.63) is 52.1 Å². The summed E-state index contributed by atoms with van der Waals surface area (Å²) in [6, 6.07) is 4.30. The van der Waals surface area contributed by atoms with Gasteiger partial charge in [0.1, 0.15) is 11.5 Å². The number of hydrogen-bond acceptors (Lipinski definition) is 4. The number of hydrogen-bond donors (Lipinski definition) is 1. The van der Waals surface area contributed by atoms with Gasteiger partial charge in [0.15, 0.2) is 0 Å². The predicted molar refractivity (Wildman–Crippen MR) is 73.2 cm³/mol. The summed E-state index contributed by atoms with van der Waals surface area (Å²) in [6.07, 6.45) is 3.19. The molecule has 1 aliphatic heterocycles. The van der Waals surface area contributed by atoms with E-state index in [1.54, 1.807) is 6.07 Å². The molecule has 0 saturated carbocycles. The van der Waals surface area contributed by atoms with E-state index in [0.717, 1.165) is 6.20 Å². The van der Waals surface area contributed by atoms with Crippen molar-refractivity contribution in [2.45, 2.75) is 12.8 Å². The van der Waals surface area contributed by atoms with Crippen molar-refractivity contribution in [2.75, 3.05) is 5.32 Å². The third kappa shape index (κ3) is 2.45. The van der Waals surface area contributed by atoms with Gasteiger partial charge in [-0.2, -0.15) is 0 Å². The maximum atomic E-state index is 13.2. The van der Waals surface area contributed by atoms with Crippen molar-refractivity contribution in [3.8, 4) is 11.1 Å². The number of carbonyl (C=O) groups is 1. The minimum Gasteiger partial charge on any atom is -0.320 e. The van der Waals surface area contributed by atoms with Gasteiger partial charge < -0.3 is 5.32 Å². The largest absolute Gasteiger partial charge is 0.320 e. The smallest absolute Gasteiger partial charge is 0.293 e. The zero-order valence-corrected chi connectivity index (χ0v) is 10.8. The molecule has 0 fully saturated rings. The van der Waals surface area contributed by atoms with Gasteiger partial charge in [0.2, 0.25) is 5.91 Å². The minimum absolute atomic E-state index is 0.195. The summed E-state index contributed by atoms with van der Waals surface area (Å²) in [7, 11) is 0. The van der Waals surface area contributed by atoms with E-state index in [9.17, 15) is 19.3 Å². The molecule has 0 saturated heterocycles. The number of nitro groups is 1. The average molecular weight is 287 g/mol. The highest BCUT2D eigenvalue weighted by molar-refractivity contribution is 5.97. The van der Waals surface area contributed by atoms with Crippen LogP contribution in [0.4, 0.5) is 15.8 Å². The zero-order valence-electron chi connectivity index (χ0n) is 10.8. The molecular formula is C14H10FN3O3. The second kappa shape index (κ2) is 4.93. The molecule has 1 N–H and O–H groups in total. The van der Waals surface area contributed by atoms with Gasteiger partial charge in [-0.3, -0.25) is 19.9 Å². The van der Waals surface area contributed by atoms with E-state index >= 15 is 0 Å². The standard InChI is InChI=1S/C14H10FN3O3/c15-11-4-10(6-16-7-11)9-3-8-1-2-13(19)17-14(8)12(5-9)18(20)21/h3-7H,1-2H2,(H,17,19). The maximum Gasteiger partial charge on any atom is 0.293 e. The molecule has 1 aromatic carbocycles. The number of aromatic nitrogens is 1. The van der Waals surface area contributed by atoms with Crippen LogP contribution in [-0.4, -0.2) is 15.8 Å². The number of nitrogens with one attached hydrogen (secondary N) is 1. The molecule has 3 rings (SSSR count). The molecule has 0 atom stereocenters. The van der Waals surface area contributed by atoms with Crippen LogP contribution in [0.3, 0.4) is 0 Å². The number of fused-ring (bicyclic) bond motifs is 1. The van der Waals surface area contributed by atoms with Crippen LogP contribution in [-0.2, 0) is 11.2 Å². The number of nitrogens with zero attached hydrogens (tertiary/aromatic N) is 2. The molecule has 1 amide bonds. The first-order chi connectivity index (χ1) is 10.0. The fourth-order valence-corrected chi connectivity index (χ4v) is 2.36. The van der Waals surface area contributed by atoms with E-state index in [0.29, 0.717) is 23.1 Å². The molecule has 0 bridgehead atoms. The van der Waals surface area contributed by atoms with Gasteiger partial charge in [0.25, 0.3) is 5.69 Å². The fourth-order valence-electron chi connectivity index (χ4n) is 2.36. The van der Waals surface area contributed by atoms with Gasteiger partial charge in [-0.05, 0) is 29.7 Å². The quantitative estimate of drug-likeness (QED) is 0.679. The van der Waals surface area contributed by atoms with Crippen LogP contribution in [0.1, 0.15) is 12.0 Å². The molecule has 1 aromatic heterocycles. The van der Waals surface area contributed by atoms with Crippen LogP contribution in [0.15, 0.2) is 30.6 Å². The lowest BCUT2D eigenvalue weighted by Crippen LogP contribution is -2.20. The van der Waals surface area contributed by atoms with E-state index in [4.69, 9.17) is 0 Å². The Morgan fingerprint density at radius 1 is 1.19 bits per heavy atom. The second-order valence-electron chi connectivity index (χ2n) is 4.73. The number of amides is 1. The molecule has 0 radical (unpaired) electrons. The SMILES string of the molecule is O=C1CCc2cc(-c3cncc(F)c3)cc([N+](=O)[O-])c2N1. The highest BCUT2D eigenvalue weighted by Gasteiger charge is 2.25. The van der Waals surface area contributed by atoms with Crippen LogP contribution in [0.2, 0.25) is 0 Å². The van der Waals surface area contributed by atoms with Crippen LogP contribution >= 0.6 is 0 Å². The normalized spacial score (nSPS) is 13.5. The number of nitro benzene ring substituents is 1. The molecule has 7 heteroatoms. The van der Waals surface area contributed by atoms with Gasteiger partial charge in [0, 0.05) is 24.2 Å². The molecule has 6 nitrogen and oxygen atoms in total. The summed E-state index contributed by atoms with van der Waals surface area (Å²) >= 11 is 0. The van der Waals surface area contributed by atoms with Crippen molar-refractivity contribution in [3.63, 3.8) is 0 Å². The number of benzene rings is 1. The molecule has 1 aliphatic rings. The predicted octanol–water partition coefficient (Wildman–Crippen LogP) is 2.68. The maximum absolute atomic E-state index is 13.2. The van der Waals surface area contributed by atoms with Crippen LogP contribution in [0, 0.1) is 15.9 Å². The van der Waals surface area contributed by atoms with Crippen LogP contribution in [0.25, 0.3) is 11.1 Å².